The number of fused-ring (bicyclic) bond motifs is 1. The Bertz CT molecular complexity index is 926. The topological polar surface area (TPSA) is 46.9 Å². The summed E-state index contributed by atoms with van der Waals surface area (Å²) in [6.07, 6.45) is 6.42. The van der Waals surface area contributed by atoms with Crippen molar-refractivity contribution in [2.45, 2.75) is 44.1 Å². The molecule has 0 spiro atoms. The molecule has 1 amide bonds. The van der Waals surface area contributed by atoms with Crippen LogP contribution in [0.4, 0.5) is 4.39 Å². The summed E-state index contributed by atoms with van der Waals surface area (Å²) in [6.45, 7) is 1.43. The van der Waals surface area contributed by atoms with Gasteiger partial charge in [-0.25, -0.2) is 9.37 Å². The number of carbonyl (C=O) groups excluding carboxylic acids is 1. The molecular weight excluding hydrogens is 341 g/mol. The number of amides is 1. The molecule has 1 N–H and O–H groups in total. The molecule has 4 nitrogen and oxygen atoms in total. The molecule has 3 aromatic rings. The normalized spacial score (nSPS) is 15.9. The number of halogens is 1. The zero-order chi connectivity index (χ0) is 18.7. The maximum atomic E-state index is 13.3. The Kier molecular flexibility index (Phi) is 4.92. The third kappa shape index (κ3) is 3.46. The monoisotopic (exact) mass is 365 g/mol. The first-order valence-electron chi connectivity index (χ1n) is 9.63. The lowest BCUT2D eigenvalue weighted by molar-refractivity contribution is -0.126. The fourth-order valence-electron chi connectivity index (χ4n) is 4.20. The second kappa shape index (κ2) is 7.51. The smallest absolute Gasteiger partial charge is 0.230 e. The molecule has 1 saturated carbocycles. The van der Waals surface area contributed by atoms with Gasteiger partial charge in [-0.15, -0.1) is 0 Å². The summed E-state index contributed by atoms with van der Waals surface area (Å²) in [5.41, 5.74) is 2.53. The van der Waals surface area contributed by atoms with Crippen LogP contribution in [0, 0.1) is 5.82 Å². The molecule has 27 heavy (non-hydrogen) atoms. The van der Waals surface area contributed by atoms with E-state index in [-0.39, 0.29) is 11.7 Å². The molecule has 4 rings (SSSR count). The van der Waals surface area contributed by atoms with Gasteiger partial charge in [-0.2, -0.15) is 0 Å². The van der Waals surface area contributed by atoms with Crippen LogP contribution >= 0.6 is 0 Å². The van der Waals surface area contributed by atoms with Crippen LogP contribution in [0.25, 0.3) is 11.0 Å². The molecule has 2 aromatic carbocycles. The third-order valence-corrected chi connectivity index (χ3v) is 5.68. The molecule has 1 aliphatic carbocycles. The van der Waals surface area contributed by atoms with Crippen LogP contribution in [0.3, 0.4) is 0 Å². The average Bonchev–Trinajstić information content (AvgIpc) is 3.34. The van der Waals surface area contributed by atoms with Crippen LogP contribution in [0.1, 0.15) is 37.7 Å². The van der Waals surface area contributed by atoms with Gasteiger partial charge in [-0.3, -0.25) is 4.79 Å². The van der Waals surface area contributed by atoms with E-state index in [1.807, 2.05) is 24.5 Å². The maximum absolute atomic E-state index is 13.3. The molecule has 5 heteroatoms. The van der Waals surface area contributed by atoms with Crippen molar-refractivity contribution in [3.8, 4) is 0 Å². The molecule has 0 saturated heterocycles. The molecule has 1 heterocycles. The van der Waals surface area contributed by atoms with E-state index in [4.69, 9.17) is 0 Å². The minimum Gasteiger partial charge on any atom is -0.355 e. The molecule has 140 valence electrons. The van der Waals surface area contributed by atoms with E-state index in [2.05, 4.69) is 20.9 Å². The van der Waals surface area contributed by atoms with Gasteiger partial charge in [0.15, 0.2) is 0 Å². The van der Waals surface area contributed by atoms with Crippen LogP contribution < -0.4 is 5.32 Å². The SMILES string of the molecule is O=C(NCCCn1cnc2ccccc21)C1(c2ccc(F)cc2)CCCC1. The van der Waals surface area contributed by atoms with E-state index in [1.54, 1.807) is 12.1 Å². The number of hydrogen-bond donors (Lipinski definition) is 1. The van der Waals surface area contributed by atoms with E-state index in [9.17, 15) is 9.18 Å². The number of aryl methyl sites for hydroxylation is 1. The lowest BCUT2D eigenvalue weighted by Gasteiger charge is -2.28. The summed E-state index contributed by atoms with van der Waals surface area (Å²) >= 11 is 0. The zero-order valence-corrected chi connectivity index (χ0v) is 15.3. The van der Waals surface area contributed by atoms with Crippen molar-refractivity contribution in [2.75, 3.05) is 6.54 Å². The first-order valence-corrected chi connectivity index (χ1v) is 9.63. The molecule has 0 atom stereocenters. The van der Waals surface area contributed by atoms with E-state index in [1.165, 1.54) is 12.1 Å². The largest absolute Gasteiger partial charge is 0.355 e. The molecule has 0 bridgehead atoms. The van der Waals surface area contributed by atoms with Crippen LogP contribution in [-0.2, 0) is 16.8 Å². The fourth-order valence-corrected chi connectivity index (χ4v) is 4.20. The summed E-state index contributed by atoms with van der Waals surface area (Å²) in [6, 6.07) is 14.5. The first-order chi connectivity index (χ1) is 13.2. The molecule has 0 radical (unpaired) electrons. The summed E-state index contributed by atoms with van der Waals surface area (Å²) in [7, 11) is 0. The number of benzene rings is 2. The highest BCUT2D eigenvalue weighted by molar-refractivity contribution is 5.88. The van der Waals surface area contributed by atoms with Gasteiger partial charge in [0.05, 0.1) is 22.8 Å². The van der Waals surface area contributed by atoms with Crippen molar-refractivity contribution in [1.82, 2.24) is 14.9 Å². The number of carbonyl (C=O) groups is 1. The molecule has 1 fully saturated rings. The van der Waals surface area contributed by atoms with Crippen molar-refractivity contribution in [3.63, 3.8) is 0 Å². The second-order valence-electron chi connectivity index (χ2n) is 7.33. The minimum absolute atomic E-state index is 0.0714. The number of imidazole rings is 1. The number of para-hydroxylation sites is 2. The van der Waals surface area contributed by atoms with Crippen molar-refractivity contribution < 1.29 is 9.18 Å². The molecular formula is C22H24FN3O. The van der Waals surface area contributed by atoms with E-state index in [0.717, 1.165) is 55.2 Å². The van der Waals surface area contributed by atoms with E-state index >= 15 is 0 Å². The maximum Gasteiger partial charge on any atom is 0.230 e. The zero-order valence-electron chi connectivity index (χ0n) is 15.3. The van der Waals surface area contributed by atoms with Gasteiger partial charge in [0.25, 0.3) is 0 Å². The fraction of sp³-hybridized carbons (Fsp3) is 0.364. The highest BCUT2D eigenvalue weighted by Crippen LogP contribution is 2.41. The van der Waals surface area contributed by atoms with Crippen molar-refractivity contribution in [3.05, 3.63) is 66.2 Å². The third-order valence-electron chi connectivity index (χ3n) is 5.68. The van der Waals surface area contributed by atoms with Crippen molar-refractivity contribution in [1.29, 1.82) is 0 Å². The van der Waals surface area contributed by atoms with Crippen molar-refractivity contribution in [2.24, 2.45) is 0 Å². The lowest BCUT2D eigenvalue weighted by Crippen LogP contribution is -2.43. The van der Waals surface area contributed by atoms with Crippen LogP contribution in [0.2, 0.25) is 0 Å². The van der Waals surface area contributed by atoms with E-state index in [0.29, 0.717) is 6.54 Å². The first kappa shape index (κ1) is 17.7. The standard InChI is InChI=1S/C22H24FN3O/c23-18-10-8-17(9-11-18)22(12-3-4-13-22)21(27)24-14-5-15-26-16-25-19-6-1-2-7-20(19)26/h1-2,6-11,16H,3-5,12-15H2,(H,24,27). The summed E-state index contributed by atoms with van der Waals surface area (Å²) in [5, 5.41) is 3.12. The Balaban J connectivity index is 1.38. The highest BCUT2D eigenvalue weighted by Gasteiger charge is 2.42. The van der Waals surface area contributed by atoms with Crippen molar-refractivity contribution >= 4 is 16.9 Å². The van der Waals surface area contributed by atoms with Crippen LogP contribution in [-0.4, -0.2) is 22.0 Å². The van der Waals surface area contributed by atoms with Gasteiger partial charge in [-0.1, -0.05) is 37.1 Å². The highest BCUT2D eigenvalue weighted by atomic mass is 19.1. The Morgan fingerprint density at radius 3 is 2.63 bits per heavy atom. The van der Waals surface area contributed by atoms with Gasteiger partial charge >= 0.3 is 0 Å². The number of aromatic nitrogens is 2. The Hall–Kier alpha value is -2.69. The molecule has 0 aliphatic heterocycles. The number of rotatable bonds is 6. The lowest BCUT2D eigenvalue weighted by atomic mass is 9.78. The van der Waals surface area contributed by atoms with Gasteiger partial charge in [0.1, 0.15) is 5.82 Å². The van der Waals surface area contributed by atoms with Gasteiger partial charge < -0.3 is 9.88 Å². The Morgan fingerprint density at radius 1 is 1.11 bits per heavy atom. The van der Waals surface area contributed by atoms with Gasteiger partial charge in [0.2, 0.25) is 5.91 Å². The van der Waals surface area contributed by atoms with E-state index < -0.39 is 5.41 Å². The second-order valence-corrected chi connectivity index (χ2v) is 7.33. The Labute approximate surface area is 158 Å². The number of hydrogen-bond acceptors (Lipinski definition) is 2. The molecule has 1 aromatic heterocycles. The van der Waals surface area contributed by atoms with Crippen LogP contribution in [0.15, 0.2) is 54.9 Å². The minimum atomic E-state index is -0.505. The molecule has 1 aliphatic rings. The summed E-state index contributed by atoms with van der Waals surface area (Å²) in [5.74, 6) is -0.193. The summed E-state index contributed by atoms with van der Waals surface area (Å²) < 4.78 is 15.4. The predicted molar refractivity (Wildman–Crippen MR) is 104 cm³/mol. The number of nitrogens with one attached hydrogen (secondary N) is 1. The van der Waals surface area contributed by atoms with Crippen LogP contribution in [0.5, 0.6) is 0 Å². The predicted octanol–water partition coefficient (Wildman–Crippen LogP) is 4.19. The molecule has 0 unspecified atom stereocenters. The average molecular weight is 365 g/mol. The quantitative estimate of drug-likeness (QED) is 0.666. The van der Waals surface area contributed by atoms with Gasteiger partial charge in [-0.05, 0) is 49.1 Å². The van der Waals surface area contributed by atoms with Gasteiger partial charge in [0, 0.05) is 13.1 Å². The Morgan fingerprint density at radius 2 is 1.85 bits per heavy atom. The summed E-state index contributed by atoms with van der Waals surface area (Å²) in [4.78, 5) is 17.4. The number of nitrogens with zero attached hydrogens (tertiary/aromatic N) is 2.